The molecule has 1 amide bonds. The van der Waals surface area contributed by atoms with E-state index in [1.54, 1.807) is 42.0 Å². The number of carbonyl (C=O) groups excluding carboxylic acids is 1. The molecule has 1 fully saturated rings. The molecule has 33 heavy (non-hydrogen) atoms. The first-order valence-corrected chi connectivity index (χ1v) is 10.4. The Hall–Kier alpha value is -4.00. The molecule has 1 aliphatic rings. The minimum absolute atomic E-state index is 0.0678. The molecular formula is C23H26N6O4. The number of methoxy groups -OCH3 is 2. The summed E-state index contributed by atoms with van der Waals surface area (Å²) >= 11 is 0. The summed E-state index contributed by atoms with van der Waals surface area (Å²) in [4.78, 5) is 22.4. The molecule has 0 unspecified atom stereocenters. The monoisotopic (exact) mass is 450 g/mol. The molecule has 1 aliphatic heterocycles. The number of nitrogens with zero attached hydrogens (tertiary/aromatic N) is 5. The van der Waals surface area contributed by atoms with Crippen LogP contribution in [0.15, 0.2) is 24.5 Å². The smallest absolute Gasteiger partial charge is 0.410 e. The van der Waals surface area contributed by atoms with Crippen LogP contribution in [0.25, 0.3) is 11.0 Å². The van der Waals surface area contributed by atoms with E-state index in [1.165, 1.54) is 6.33 Å². The van der Waals surface area contributed by atoms with Gasteiger partial charge >= 0.3 is 6.09 Å². The number of benzene rings is 1. The fourth-order valence-corrected chi connectivity index (χ4v) is 3.43. The predicted octanol–water partition coefficient (Wildman–Crippen LogP) is 2.62. The Kier molecular flexibility index (Phi) is 5.72. The van der Waals surface area contributed by atoms with Crippen LogP contribution in [0.1, 0.15) is 38.1 Å². The molecule has 2 aromatic heterocycles. The molecule has 3 heterocycles. The molecule has 0 atom stereocenters. The van der Waals surface area contributed by atoms with Crippen molar-refractivity contribution < 1.29 is 19.0 Å². The number of anilines is 1. The maximum atomic E-state index is 12.3. The van der Waals surface area contributed by atoms with Gasteiger partial charge in [-0.3, -0.25) is 0 Å². The Bertz CT molecular complexity index is 1240. The number of rotatable bonds is 3. The molecular weight excluding hydrogens is 424 g/mol. The topological polar surface area (TPSA) is 118 Å². The average molecular weight is 450 g/mol. The zero-order chi connectivity index (χ0) is 23.8. The highest BCUT2D eigenvalue weighted by molar-refractivity contribution is 5.90. The Morgan fingerprint density at radius 3 is 2.36 bits per heavy atom. The second kappa shape index (κ2) is 8.50. The number of ether oxygens (including phenoxy) is 3. The number of hydrogen-bond donors (Lipinski definition) is 1. The van der Waals surface area contributed by atoms with Gasteiger partial charge in [-0.15, -0.1) is 0 Å². The standard InChI is InChI=1S/C23H26N6O4/c1-23(2,3)33-22(30)28-11-15(12-28)29-21-19(20(24)25-13-26-21)18(27-29)7-6-14-8-16(31-4)10-17(9-14)32-5/h8-10,13,15H,11-12H2,1-5H3,(H2,24,25,26). The van der Waals surface area contributed by atoms with E-state index in [0.29, 0.717) is 52.7 Å². The Labute approximate surface area is 191 Å². The third-order valence-corrected chi connectivity index (χ3v) is 5.05. The average Bonchev–Trinajstić information content (AvgIpc) is 3.09. The summed E-state index contributed by atoms with van der Waals surface area (Å²) in [6.07, 6.45) is 1.04. The van der Waals surface area contributed by atoms with Gasteiger partial charge < -0.3 is 24.8 Å². The van der Waals surface area contributed by atoms with Crippen LogP contribution in [-0.2, 0) is 4.74 Å². The van der Waals surface area contributed by atoms with E-state index in [0.717, 1.165) is 0 Å². The molecule has 0 saturated carbocycles. The molecule has 10 heteroatoms. The molecule has 0 spiro atoms. The third-order valence-electron chi connectivity index (χ3n) is 5.05. The van der Waals surface area contributed by atoms with Crippen LogP contribution in [0.3, 0.4) is 0 Å². The van der Waals surface area contributed by atoms with E-state index in [2.05, 4.69) is 26.9 Å². The quantitative estimate of drug-likeness (QED) is 0.605. The van der Waals surface area contributed by atoms with E-state index in [1.807, 2.05) is 20.8 Å². The van der Waals surface area contributed by atoms with E-state index in [-0.39, 0.29) is 12.1 Å². The van der Waals surface area contributed by atoms with Crippen LogP contribution in [0.2, 0.25) is 0 Å². The SMILES string of the molecule is COc1cc(C#Cc2nn(C3CN(C(=O)OC(C)(C)C)C3)c3ncnc(N)c23)cc(OC)c1. The molecule has 10 nitrogen and oxygen atoms in total. The summed E-state index contributed by atoms with van der Waals surface area (Å²) in [7, 11) is 3.16. The van der Waals surface area contributed by atoms with Gasteiger partial charge in [-0.2, -0.15) is 5.10 Å². The lowest BCUT2D eigenvalue weighted by Gasteiger charge is -2.39. The largest absolute Gasteiger partial charge is 0.497 e. The third kappa shape index (κ3) is 4.62. The van der Waals surface area contributed by atoms with Gasteiger partial charge in [-0.1, -0.05) is 5.92 Å². The van der Waals surface area contributed by atoms with E-state index < -0.39 is 5.60 Å². The fraction of sp³-hybridized carbons (Fsp3) is 0.391. The lowest BCUT2D eigenvalue weighted by Crippen LogP contribution is -2.52. The second-order valence-electron chi connectivity index (χ2n) is 8.64. The molecule has 172 valence electrons. The van der Waals surface area contributed by atoms with Crippen LogP contribution in [0.5, 0.6) is 11.5 Å². The molecule has 1 aromatic carbocycles. The Morgan fingerprint density at radius 2 is 1.76 bits per heavy atom. The van der Waals surface area contributed by atoms with Crippen molar-refractivity contribution >= 4 is 22.9 Å². The summed E-state index contributed by atoms with van der Waals surface area (Å²) in [6.45, 7) is 6.42. The van der Waals surface area contributed by atoms with Crippen LogP contribution < -0.4 is 15.2 Å². The van der Waals surface area contributed by atoms with Crippen molar-refractivity contribution in [2.24, 2.45) is 0 Å². The molecule has 0 bridgehead atoms. The van der Waals surface area contributed by atoms with Gasteiger partial charge in [0.15, 0.2) is 5.65 Å². The molecule has 1 saturated heterocycles. The van der Waals surface area contributed by atoms with Gasteiger partial charge in [0.1, 0.15) is 34.9 Å². The number of aromatic nitrogens is 4. The molecule has 3 aromatic rings. The number of fused-ring (bicyclic) bond motifs is 1. The van der Waals surface area contributed by atoms with Gasteiger partial charge in [0.2, 0.25) is 0 Å². The van der Waals surface area contributed by atoms with Gasteiger partial charge in [-0.25, -0.2) is 19.4 Å². The zero-order valence-corrected chi connectivity index (χ0v) is 19.2. The number of hydrogen-bond acceptors (Lipinski definition) is 8. The minimum Gasteiger partial charge on any atom is -0.497 e. The molecule has 4 rings (SSSR count). The summed E-state index contributed by atoms with van der Waals surface area (Å²) in [5, 5.41) is 5.24. The van der Waals surface area contributed by atoms with Gasteiger partial charge in [-0.05, 0) is 38.8 Å². The highest BCUT2D eigenvalue weighted by Crippen LogP contribution is 2.29. The van der Waals surface area contributed by atoms with E-state index >= 15 is 0 Å². The molecule has 0 aliphatic carbocycles. The second-order valence-corrected chi connectivity index (χ2v) is 8.64. The highest BCUT2D eigenvalue weighted by Gasteiger charge is 2.36. The molecule has 2 N–H and O–H groups in total. The van der Waals surface area contributed by atoms with Gasteiger partial charge in [0, 0.05) is 24.7 Å². The lowest BCUT2D eigenvalue weighted by molar-refractivity contribution is 0.0000740. The van der Waals surface area contributed by atoms with Crippen LogP contribution in [0, 0.1) is 11.8 Å². The zero-order valence-electron chi connectivity index (χ0n) is 19.2. The number of carbonyl (C=O) groups is 1. The van der Waals surface area contributed by atoms with Crippen molar-refractivity contribution in [3.05, 3.63) is 35.8 Å². The maximum Gasteiger partial charge on any atom is 0.410 e. The Morgan fingerprint density at radius 1 is 1.09 bits per heavy atom. The van der Waals surface area contributed by atoms with Gasteiger partial charge in [0.05, 0.1) is 25.6 Å². The first-order valence-electron chi connectivity index (χ1n) is 10.4. The van der Waals surface area contributed by atoms with E-state index in [9.17, 15) is 4.79 Å². The van der Waals surface area contributed by atoms with Crippen LogP contribution >= 0.6 is 0 Å². The lowest BCUT2D eigenvalue weighted by atomic mass is 10.1. The number of amides is 1. The van der Waals surface area contributed by atoms with Crippen molar-refractivity contribution in [1.82, 2.24) is 24.6 Å². The number of nitrogens with two attached hydrogens (primary N) is 1. The minimum atomic E-state index is -0.548. The first kappa shape index (κ1) is 22.2. The van der Waals surface area contributed by atoms with Gasteiger partial charge in [0.25, 0.3) is 0 Å². The normalized spacial score (nSPS) is 13.8. The summed E-state index contributed by atoms with van der Waals surface area (Å²) in [5.41, 5.74) is 7.32. The fourth-order valence-electron chi connectivity index (χ4n) is 3.43. The summed E-state index contributed by atoms with van der Waals surface area (Å²) < 4.78 is 17.8. The van der Waals surface area contributed by atoms with Crippen molar-refractivity contribution in [2.45, 2.75) is 32.4 Å². The van der Waals surface area contributed by atoms with Crippen molar-refractivity contribution in [3.8, 4) is 23.3 Å². The number of nitrogen functional groups attached to an aromatic ring is 1. The van der Waals surface area contributed by atoms with Crippen molar-refractivity contribution in [2.75, 3.05) is 33.0 Å². The van der Waals surface area contributed by atoms with E-state index in [4.69, 9.17) is 19.9 Å². The highest BCUT2D eigenvalue weighted by atomic mass is 16.6. The summed E-state index contributed by atoms with van der Waals surface area (Å²) in [6, 6.07) is 5.31. The Balaban J connectivity index is 1.64. The molecule has 0 radical (unpaired) electrons. The van der Waals surface area contributed by atoms with Crippen LogP contribution in [0.4, 0.5) is 10.6 Å². The maximum absolute atomic E-state index is 12.3. The number of likely N-dealkylation sites (tertiary alicyclic amines) is 1. The summed E-state index contributed by atoms with van der Waals surface area (Å²) in [5.74, 6) is 7.73. The van der Waals surface area contributed by atoms with Crippen molar-refractivity contribution in [1.29, 1.82) is 0 Å². The van der Waals surface area contributed by atoms with Crippen molar-refractivity contribution in [3.63, 3.8) is 0 Å². The first-order chi connectivity index (χ1) is 15.7. The van der Waals surface area contributed by atoms with Crippen LogP contribution in [-0.4, -0.2) is 63.7 Å². The predicted molar refractivity (Wildman–Crippen MR) is 122 cm³/mol.